The lowest BCUT2D eigenvalue weighted by Gasteiger charge is -2.37. The number of rotatable bonds is 6. The number of aromatic amines is 1. The highest BCUT2D eigenvalue weighted by molar-refractivity contribution is 5.88. The Balaban J connectivity index is 1.73. The molecule has 3 aromatic rings. The van der Waals surface area contributed by atoms with E-state index in [0.29, 0.717) is 23.0 Å². The first-order valence-corrected chi connectivity index (χ1v) is 10.2. The van der Waals surface area contributed by atoms with Crippen molar-refractivity contribution >= 4 is 22.6 Å². The van der Waals surface area contributed by atoms with Crippen LogP contribution in [0, 0.1) is 0 Å². The second-order valence-corrected chi connectivity index (χ2v) is 8.43. The number of ether oxygens (including phenoxy) is 1. The van der Waals surface area contributed by atoms with Crippen molar-refractivity contribution in [3.63, 3.8) is 0 Å². The number of hydrogen-bond donors (Lipinski definition) is 1. The van der Waals surface area contributed by atoms with Crippen molar-refractivity contribution in [1.82, 2.24) is 15.1 Å². The molecule has 3 rings (SSSR count). The second kappa shape index (κ2) is 9.12. The number of amides is 1. The molecule has 0 aliphatic heterocycles. The third-order valence-corrected chi connectivity index (χ3v) is 5.00. The summed E-state index contributed by atoms with van der Waals surface area (Å²) in [4.78, 5) is 39.3. The van der Waals surface area contributed by atoms with Crippen molar-refractivity contribution in [2.24, 2.45) is 0 Å². The minimum absolute atomic E-state index is 0.150. The fraction of sp³-hybridized carbons (Fsp3) is 0.333. The Labute approximate surface area is 181 Å². The van der Waals surface area contributed by atoms with E-state index in [1.54, 1.807) is 36.1 Å². The van der Waals surface area contributed by atoms with E-state index in [9.17, 15) is 14.4 Å². The van der Waals surface area contributed by atoms with Gasteiger partial charge in [0, 0.05) is 17.5 Å². The van der Waals surface area contributed by atoms with Gasteiger partial charge < -0.3 is 9.64 Å². The molecule has 1 heterocycles. The molecule has 0 bridgehead atoms. The molecule has 1 atom stereocenters. The number of carbonyl (C=O) groups is 2. The van der Waals surface area contributed by atoms with Gasteiger partial charge in [0.25, 0.3) is 11.5 Å². The second-order valence-electron chi connectivity index (χ2n) is 8.43. The van der Waals surface area contributed by atoms with Crippen LogP contribution in [0.25, 0.3) is 10.8 Å². The van der Waals surface area contributed by atoms with E-state index in [4.69, 9.17) is 4.74 Å². The molecule has 1 N–H and O–H groups in total. The maximum absolute atomic E-state index is 13.1. The number of fused-ring (bicyclic) bond motifs is 1. The van der Waals surface area contributed by atoms with Crippen LogP contribution in [0.5, 0.6) is 0 Å². The molecule has 31 heavy (non-hydrogen) atoms. The van der Waals surface area contributed by atoms with Crippen molar-refractivity contribution in [2.45, 2.75) is 52.3 Å². The molecular formula is C24H27N3O4. The Hall–Kier alpha value is -3.48. The summed E-state index contributed by atoms with van der Waals surface area (Å²) < 4.78 is 5.45. The van der Waals surface area contributed by atoms with Gasteiger partial charge >= 0.3 is 5.97 Å². The Morgan fingerprint density at radius 1 is 1.03 bits per heavy atom. The third kappa shape index (κ3) is 5.36. The van der Waals surface area contributed by atoms with Crippen LogP contribution in [0.15, 0.2) is 59.4 Å². The van der Waals surface area contributed by atoms with Crippen LogP contribution < -0.4 is 5.56 Å². The zero-order valence-electron chi connectivity index (χ0n) is 18.2. The van der Waals surface area contributed by atoms with Crippen LogP contribution in [0.3, 0.4) is 0 Å². The summed E-state index contributed by atoms with van der Waals surface area (Å²) in [7, 11) is 0. The molecule has 1 amide bonds. The zero-order valence-corrected chi connectivity index (χ0v) is 18.2. The number of carbonyl (C=O) groups excluding carboxylic acids is 2. The largest absolute Gasteiger partial charge is 0.452 e. The maximum atomic E-state index is 13.1. The topological polar surface area (TPSA) is 92.4 Å². The number of H-pyrrole nitrogens is 1. The monoisotopic (exact) mass is 421 g/mol. The number of hydrogen-bond acceptors (Lipinski definition) is 5. The Kier molecular flexibility index (Phi) is 6.53. The number of nitrogens with zero attached hydrogens (tertiary/aromatic N) is 2. The van der Waals surface area contributed by atoms with E-state index in [1.165, 1.54) is 0 Å². The highest BCUT2D eigenvalue weighted by Crippen LogP contribution is 2.20. The fourth-order valence-corrected chi connectivity index (χ4v) is 3.36. The molecular weight excluding hydrogens is 394 g/mol. The molecule has 162 valence electrons. The van der Waals surface area contributed by atoms with E-state index in [1.807, 2.05) is 51.1 Å². The summed E-state index contributed by atoms with van der Waals surface area (Å²) in [6.45, 7) is 7.82. The summed E-state index contributed by atoms with van der Waals surface area (Å²) in [6.07, 6.45) is -1.10. The zero-order chi connectivity index (χ0) is 22.6. The predicted octanol–water partition coefficient (Wildman–Crippen LogP) is 3.22. The lowest BCUT2D eigenvalue weighted by Crippen LogP contribution is -2.49. The molecule has 0 aliphatic carbocycles. The smallest absolute Gasteiger partial charge is 0.312 e. The fourth-order valence-electron chi connectivity index (χ4n) is 3.36. The van der Waals surface area contributed by atoms with Crippen molar-refractivity contribution in [2.75, 3.05) is 0 Å². The van der Waals surface area contributed by atoms with Gasteiger partial charge in [0.15, 0.2) is 6.10 Å². The van der Waals surface area contributed by atoms with E-state index in [-0.39, 0.29) is 17.9 Å². The van der Waals surface area contributed by atoms with Crippen molar-refractivity contribution in [1.29, 1.82) is 0 Å². The SMILES string of the molecule is C[C@H](OC(=O)Cc1n[nH]c(=O)c2ccccc12)C(=O)N(Cc1ccccc1)C(C)(C)C. The van der Waals surface area contributed by atoms with Gasteiger partial charge in [0.1, 0.15) is 0 Å². The summed E-state index contributed by atoms with van der Waals surface area (Å²) in [6, 6.07) is 16.6. The highest BCUT2D eigenvalue weighted by Gasteiger charge is 2.31. The van der Waals surface area contributed by atoms with Crippen LogP contribution >= 0.6 is 0 Å². The van der Waals surface area contributed by atoms with Crippen LogP contribution in [0.1, 0.15) is 39.0 Å². The van der Waals surface area contributed by atoms with Crippen molar-refractivity contribution in [3.05, 3.63) is 76.2 Å². The lowest BCUT2D eigenvalue weighted by molar-refractivity contribution is -0.161. The molecule has 0 saturated carbocycles. The summed E-state index contributed by atoms with van der Waals surface area (Å²) >= 11 is 0. The van der Waals surface area contributed by atoms with Crippen molar-refractivity contribution in [3.8, 4) is 0 Å². The number of benzene rings is 2. The van der Waals surface area contributed by atoms with Gasteiger partial charge in [0.05, 0.1) is 17.5 Å². The minimum Gasteiger partial charge on any atom is -0.452 e. The Morgan fingerprint density at radius 3 is 2.29 bits per heavy atom. The van der Waals surface area contributed by atoms with E-state index in [2.05, 4.69) is 10.2 Å². The van der Waals surface area contributed by atoms with Gasteiger partial charge in [-0.2, -0.15) is 5.10 Å². The molecule has 0 fully saturated rings. The first kappa shape index (κ1) is 22.2. The van der Waals surface area contributed by atoms with Gasteiger partial charge in [-0.1, -0.05) is 48.5 Å². The highest BCUT2D eigenvalue weighted by atomic mass is 16.5. The number of esters is 1. The summed E-state index contributed by atoms with van der Waals surface area (Å²) in [5.41, 5.74) is 0.618. The van der Waals surface area contributed by atoms with Gasteiger partial charge in [-0.05, 0) is 39.3 Å². The quantitative estimate of drug-likeness (QED) is 0.617. The first-order valence-electron chi connectivity index (χ1n) is 10.2. The third-order valence-electron chi connectivity index (χ3n) is 5.00. The molecule has 0 saturated heterocycles. The minimum atomic E-state index is -0.954. The van der Waals surface area contributed by atoms with Crippen LogP contribution in [0.2, 0.25) is 0 Å². The van der Waals surface area contributed by atoms with Gasteiger partial charge in [0.2, 0.25) is 0 Å². The van der Waals surface area contributed by atoms with Crippen LogP contribution in [-0.4, -0.2) is 38.6 Å². The number of nitrogens with one attached hydrogen (secondary N) is 1. The lowest BCUT2D eigenvalue weighted by atomic mass is 10.0. The molecule has 0 aliphatic rings. The van der Waals surface area contributed by atoms with E-state index >= 15 is 0 Å². The Bertz CT molecular complexity index is 1130. The average Bonchev–Trinajstić information content (AvgIpc) is 2.73. The maximum Gasteiger partial charge on any atom is 0.312 e. The Morgan fingerprint density at radius 2 is 1.65 bits per heavy atom. The first-order chi connectivity index (χ1) is 14.7. The summed E-state index contributed by atoms with van der Waals surface area (Å²) in [5, 5.41) is 7.43. The predicted molar refractivity (Wildman–Crippen MR) is 118 cm³/mol. The molecule has 1 aromatic heterocycles. The van der Waals surface area contributed by atoms with Gasteiger partial charge in [-0.3, -0.25) is 14.4 Å². The van der Waals surface area contributed by atoms with Gasteiger partial charge in [-0.15, -0.1) is 0 Å². The number of aromatic nitrogens is 2. The van der Waals surface area contributed by atoms with E-state index < -0.39 is 17.6 Å². The van der Waals surface area contributed by atoms with Gasteiger partial charge in [-0.25, -0.2) is 5.10 Å². The summed E-state index contributed by atoms with van der Waals surface area (Å²) in [5.74, 6) is -0.858. The molecule has 2 aromatic carbocycles. The van der Waals surface area contributed by atoms with Crippen LogP contribution in [0.4, 0.5) is 0 Å². The average molecular weight is 421 g/mol. The molecule has 7 heteroatoms. The standard InChI is InChI=1S/C24H27N3O4/c1-16(23(30)27(24(2,3)4)15-17-10-6-5-7-11-17)31-21(28)14-20-18-12-8-9-13-19(18)22(29)26-25-20/h5-13,16H,14-15H2,1-4H3,(H,26,29)/t16-/m0/s1. The molecule has 0 spiro atoms. The van der Waals surface area contributed by atoms with Crippen molar-refractivity contribution < 1.29 is 14.3 Å². The molecule has 0 radical (unpaired) electrons. The molecule has 0 unspecified atom stereocenters. The normalized spacial score (nSPS) is 12.4. The van der Waals surface area contributed by atoms with E-state index in [0.717, 1.165) is 5.56 Å². The van der Waals surface area contributed by atoms with Crippen LogP contribution in [-0.2, 0) is 27.3 Å². The molecule has 7 nitrogen and oxygen atoms in total.